The maximum atomic E-state index is 13.3. The van der Waals surface area contributed by atoms with Crippen LogP contribution in [0.1, 0.15) is 58.9 Å². The van der Waals surface area contributed by atoms with Crippen LogP contribution in [0.4, 0.5) is 0 Å². The van der Waals surface area contributed by atoms with E-state index in [2.05, 4.69) is 26.8 Å². The number of phenolic OH excluding ortho intramolecular Hbond substituents is 1. The average molecular weight is 465 g/mol. The number of imide groups is 1. The van der Waals surface area contributed by atoms with Crippen molar-refractivity contribution in [3.8, 4) is 5.75 Å². The molecule has 6 nitrogen and oxygen atoms in total. The van der Waals surface area contributed by atoms with Gasteiger partial charge in [-0.05, 0) is 74.0 Å². The van der Waals surface area contributed by atoms with Crippen molar-refractivity contribution in [3.05, 3.63) is 46.5 Å². The van der Waals surface area contributed by atoms with Crippen molar-refractivity contribution < 1.29 is 24.4 Å². The number of hydrogen-bond donors (Lipinski definition) is 2. The lowest BCUT2D eigenvalue weighted by Crippen LogP contribution is -2.46. The first-order valence-corrected chi connectivity index (χ1v) is 12.6. The van der Waals surface area contributed by atoms with E-state index in [1.807, 2.05) is 19.1 Å². The highest BCUT2D eigenvalue weighted by Crippen LogP contribution is 2.52. The Morgan fingerprint density at radius 1 is 1.21 bits per heavy atom. The molecule has 4 atom stereocenters. The van der Waals surface area contributed by atoms with E-state index in [1.165, 1.54) is 16.0 Å². The predicted molar refractivity (Wildman–Crippen MR) is 133 cm³/mol. The molecule has 3 aliphatic rings. The molecule has 0 radical (unpaired) electrons. The van der Waals surface area contributed by atoms with Crippen molar-refractivity contribution in [2.45, 2.75) is 65.8 Å². The van der Waals surface area contributed by atoms with Crippen molar-refractivity contribution in [3.63, 3.8) is 0 Å². The normalized spacial score (nSPS) is 27.5. The van der Waals surface area contributed by atoms with Gasteiger partial charge in [-0.3, -0.25) is 14.5 Å². The summed E-state index contributed by atoms with van der Waals surface area (Å²) in [4.78, 5) is 27.9. The predicted octanol–water partition coefficient (Wildman–Crippen LogP) is 4.44. The van der Waals surface area contributed by atoms with E-state index in [1.54, 1.807) is 12.1 Å². The maximum absolute atomic E-state index is 13.3. The summed E-state index contributed by atoms with van der Waals surface area (Å²) in [5, 5.41) is 20.1. The minimum atomic E-state index is -0.935. The van der Waals surface area contributed by atoms with E-state index in [-0.39, 0.29) is 47.3 Å². The molecule has 0 bridgehead atoms. The number of phenols is 1. The van der Waals surface area contributed by atoms with E-state index in [4.69, 9.17) is 4.65 Å². The Bertz CT molecular complexity index is 999. The number of fused-ring (bicyclic) bond motifs is 3. The SMILES string of the molecule is CCCN1C(=O)[C@@H]2[C@@H](CC(C(C)C)=C3[C@@H](CC/C(C)=C/c4ccc(O)cc4)OB(O)C[C@@H]32)C1=O. The second-order valence-corrected chi connectivity index (χ2v) is 10.3. The van der Waals surface area contributed by atoms with Gasteiger partial charge in [0.1, 0.15) is 5.75 Å². The van der Waals surface area contributed by atoms with Crippen LogP contribution < -0.4 is 0 Å². The fourth-order valence-electron chi connectivity index (χ4n) is 6.04. The van der Waals surface area contributed by atoms with E-state index >= 15 is 0 Å². The van der Waals surface area contributed by atoms with E-state index in [0.29, 0.717) is 25.7 Å². The van der Waals surface area contributed by atoms with Gasteiger partial charge >= 0.3 is 7.12 Å². The van der Waals surface area contributed by atoms with Crippen LogP contribution in [-0.2, 0) is 14.2 Å². The standard InChI is InChI=1S/C27H36BNO5/c1-5-12-29-26(31)21-14-20(16(2)3)24-22(25(21)27(29)32)15-28(33)34-23(24)11-6-17(4)13-18-7-9-19(30)10-8-18/h7-10,13,16,21-23,25,30,33H,5-6,11-12,14-15H2,1-4H3/b17-13+/t21-,22+,23-,25-/m1/s1. The number of benzene rings is 1. The topological polar surface area (TPSA) is 87.1 Å². The van der Waals surface area contributed by atoms with Crippen LogP contribution in [0.2, 0.25) is 6.32 Å². The Kier molecular flexibility index (Phi) is 7.34. The summed E-state index contributed by atoms with van der Waals surface area (Å²) >= 11 is 0. The number of likely N-dealkylation sites (tertiary alicyclic amines) is 1. The second-order valence-electron chi connectivity index (χ2n) is 10.3. The molecule has 0 spiro atoms. The van der Waals surface area contributed by atoms with Crippen LogP contribution >= 0.6 is 0 Å². The van der Waals surface area contributed by atoms with Crippen LogP contribution in [0.25, 0.3) is 6.08 Å². The number of amides is 2. The quantitative estimate of drug-likeness (QED) is 0.353. The summed E-state index contributed by atoms with van der Waals surface area (Å²) in [6.07, 6.45) is 5.04. The first-order valence-electron chi connectivity index (χ1n) is 12.6. The first kappa shape index (κ1) is 24.7. The smallest absolute Gasteiger partial charge is 0.455 e. The summed E-state index contributed by atoms with van der Waals surface area (Å²) in [6, 6.07) is 7.09. The van der Waals surface area contributed by atoms with Gasteiger partial charge in [-0.2, -0.15) is 0 Å². The van der Waals surface area contributed by atoms with Crippen molar-refractivity contribution in [2.75, 3.05) is 6.54 Å². The minimum absolute atomic E-state index is 0.0424. The second kappa shape index (κ2) is 10.1. The number of allylic oxidation sites excluding steroid dienone is 2. The molecule has 2 N–H and O–H groups in total. The van der Waals surface area contributed by atoms with Crippen LogP contribution in [0, 0.1) is 23.7 Å². The zero-order valence-corrected chi connectivity index (χ0v) is 20.7. The van der Waals surface area contributed by atoms with Crippen molar-refractivity contribution >= 4 is 25.0 Å². The highest BCUT2D eigenvalue weighted by molar-refractivity contribution is 6.43. The summed E-state index contributed by atoms with van der Waals surface area (Å²) in [6.45, 7) is 8.80. The monoisotopic (exact) mass is 465 g/mol. The Labute approximate surface area is 202 Å². The lowest BCUT2D eigenvalue weighted by molar-refractivity contribution is -0.140. The maximum Gasteiger partial charge on any atom is 0.455 e. The first-order chi connectivity index (χ1) is 16.2. The molecule has 2 fully saturated rings. The lowest BCUT2D eigenvalue weighted by Gasteiger charge is -2.44. The Morgan fingerprint density at radius 3 is 2.56 bits per heavy atom. The molecule has 2 amide bonds. The van der Waals surface area contributed by atoms with Gasteiger partial charge in [0.2, 0.25) is 11.8 Å². The molecule has 7 heteroatoms. The zero-order valence-electron chi connectivity index (χ0n) is 20.7. The summed E-state index contributed by atoms with van der Waals surface area (Å²) in [5.74, 6) is -0.469. The van der Waals surface area contributed by atoms with Gasteiger partial charge in [-0.15, -0.1) is 0 Å². The Morgan fingerprint density at radius 2 is 1.91 bits per heavy atom. The van der Waals surface area contributed by atoms with E-state index < -0.39 is 7.12 Å². The van der Waals surface area contributed by atoms with Gasteiger partial charge < -0.3 is 14.8 Å². The fraction of sp³-hybridized carbons (Fsp3) is 0.556. The molecule has 34 heavy (non-hydrogen) atoms. The van der Waals surface area contributed by atoms with Gasteiger partial charge in [-0.1, -0.05) is 50.1 Å². The van der Waals surface area contributed by atoms with E-state index in [0.717, 1.165) is 24.0 Å². The molecule has 182 valence electrons. The molecular weight excluding hydrogens is 429 g/mol. The van der Waals surface area contributed by atoms with Crippen molar-refractivity contribution in [1.29, 1.82) is 0 Å². The average Bonchev–Trinajstić information content (AvgIpc) is 3.03. The number of nitrogens with zero attached hydrogens (tertiary/aromatic N) is 1. The number of hydrogen-bond acceptors (Lipinski definition) is 5. The van der Waals surface area contributed by atoms with Gasteiger partial charge in [-0.25, -0.2) is 0 Å². The molecule has 0 saturated carbocycles. The summed E-state index contributed by atoms with van der Waals surface area (Å²) in [7, 11) is -0.935. The molecule has 2 aliphatic heterocycles. The van der Waals surface area contributed by atoms with Gasteiger partial charge in [0, 0.05) is 6.54 Å². The lowest BCUT2D eigenvalue weighted by atomic mass is 9.57. The molecular formula is C27H36BNO5. The molecule has 1 aromatic rings. The molecule has 2 saturated heterocycles. The molecule has 0 aromatic heterocycles. The van der Waals surface area contributed by atoms with Crippen LogP contribution in [0.3, 0.4) is 0 Å². The fourth-order valence-corrected chi connectivity index (χ4v) is 6.04. The van der Waals surface area contributed by atoms with Gasteiger partial charge in [0.25, 0.3) is 0 Å². The number of rotatable bonds is 7. The third kappa shape index (κ3) is 4.73. The number of carbonyl (C=O) groups excluding carboxylic acids is 2. The number of aromatic hydroxyl groups is 1. The third-order valence-corrected chi connectivity index (χ3v) is 7.59. The molecule has 4 rings (SSSR count). The molecule has 1 aromatic carbocycles. The van der Waals surface area contributed by atoms with Crippen LogP contribution in [-0.4, -0.2) is 46.6 Å². The Hall–Kier alpha value is -2.38. The highest BCUT2D eigenvalue weighted by atomic mass is 16.5. The number of carbonyl (C=O) groups is 2. The summed E-state index contributed by atoms with van der Waals surface area (Å²) < 4.78 is 6.06. The van der Waals surface area contributed by atoms with Gasteiger partial charge in [0.05, 0.1) is 17.9 Å². The zero-order chi connectivity index (χ0) is 24.6. The summed E-state index contributed by atoms with van der Waals surface area (Å²) in [5.41, 5.74) is 4.57. The van der Waals surface area contributed by atoms with Gasteiger partial charge in [0.15, 0.2) is 0 Å². The Balaban J connectivity index is 1.60. The largest absolute Gasteiger partial charge is 0.508 e. The third-order valence-electron chi connectivity index (χ3n) is 7.59. The van der Waals surface area contributed by atoms with Crippen molar-refractivity contribution in [2.24, 2.45) is 23.7 Å². The molecule has 2 heterocycles. The van der Waals surface area contributed by atoms with E-state index in [9.17, 15) is 19.7 Å². The molecule has 0 unspecified atom stereocenters. The van der Waals surface area contributed by atoms with Crippen LogP contribution in [0.5, 0.6) is 5.75 Å². The minimum Gasteiger partial charge on any atom is -0.508 e. The van der Waals surface area contributed by atoms with Crippen molar-refractivity contribution in [1.82, 2.24) is 4.90 Å². The van der Waals surface area contributed by atoms with Crippen LogP contribution in [0.15, 0.2) is 41.0 Å². The molecule has 1 aliphatic carbocycles. The highest BCUT2D eigenvalue weighted by Gasteiger charge is 2.57.